The fourth-order valence-electron chi connectivity index (χ4n) is 3.76. The van der Waals surface area contributed by atoms with E-state index in [0.717, 1.165) is 22.0 Å². The molecule has 2 atom stereocenters. The summed E-state index contributed by atoms with van der Waals surface area (Å²) >= 11 is 0. The minimum atomic E-state index is -0.587. The van der Waals surface area contributed by atoms with Gasteiger partial charge in [0.05, 0.1) is 5.52 Å². The van der Waals surface area contributed by atoms with Crippen LogP contribution < -0.4 is 5.32 Å². The van der Waals surface area contributed by atoms with Gasteiger partial charge in [0.25, 0.3) is 0 Å². The number of amides is 1. The van der Waals surface area contributed by atoms with Crippen LogP contribution in [-0.4, -0.2) is 34.0 Å². The predicted molar refractivity (Wildman–Crippen MR) is 113 cm³/mol. The van der Waals surface area contributed by atoms with Crippen molar-refractivity contribution in [1.29, 1.82) is 0 Å². The second-order valence-corrected chi connectivity index (χ2v) is 9.46. The first kappa shape index (κ1) is 21.0. The van der Waals surface area contributed by atoms with E-state index >= 15 is 0 Å². The Morgan fingerprint density at radius 3 is 2.38 bits per heavy atom. The lowest BCUT2D eigenvalue weighted by atomic mass is 9.80. The van der Waals surface area contributed by atoms with Crippen LogP contribution in [0.25, 0.3) is 10.9 Å². The zero-order chi connectivity index (χ0) is 21.6. The van der Waals surface area contributed by atoms with Crippen LogP contribution in [-0.2, 0) is 15.9 Å². The van der Waals surface area contributed by atoms with E-state index in [0.29, 0.717) is 6.42 Å². The Hall–Kier alpha value is -2.76. The smallest absolute Gasteiger partial charge is 0.419 e. The molecule has 0 aliphatic heterocycles. The van der Waals surface area contributed by atoms with Crippen LogP contribution >= 0.6 is 0 Å². The molecule has 2 aromatic rings. The molecule has 156 valence electrons. The molecular formula is C23H30N2O4. The largest absolute Gasteiger partial charge is 0.444 e. The number of carbonyl (C=O) groups is 2. The minimum absolute atomic E-state index is 0.0896. The van der Waals surface area contributed by atoms with Crippen LogP contribution in [0.15, 0.2) is 37.1 Å². The lowest BCUT2D eigenvalue weighted by Gasteiger charge is -2.31. The van der Waals surface area contributed by atoms with Crippen molar-refractivity contribution in [2.45, 2.75) is 71.1 Å². The molecule has 0 unspecified atom stereocenters. The first-order valence-electron chi connectivity index (χ1n) is 9.88. The van der Waals surface area contributed by atoms with E-state index < -0.39 is 23.4 Å². The number of hydrogen-bond acceptors (Lipinski definition) is 4. The summed E-state index contributed by atoms with van der Waals surface area (Å²) in [5.74, 6) is -0.0896. The Balaban J connectivity index is 1.98. The highest BCUT2D eigenvalue weighted by atomic mass is 16.6. The summed E-state index contributed by atoms with van der Waals surface area (Å²) in [5, 5.41) is 4.00. The molecule has 1 heterocycles. The molecule has 29 heavy (non-hydrogen) atoms. The molecule has 1 aromatic heterocycles. The van der Waals surface area contributed by atoms with E-state index in [2.05, 4.69) is 11.9 Å². The molecule has 0 saturated carbocycles. The predicted octanol–water partition coefficient (Wildman–Crippen LogP) is 5.14. The summed E-state index contributed by atoms with van der Waals surface area (Å²) in [4.78, 5) is 25.1. The van der Waals surface area contributed by atoms with E-state index in [1.54, 1.807) is 4.57 Å². The van der Waals surface area contributed by atoms with Gasteiger partial charge in [-0.05, 0) is 65.2 Å². The van der Waals surface area contributed by atoms with Crippen molar-refractivity contribution in [3.8, 4) is 0 Å². The monoisotopic (exact) mass is 398 g/mol. The molecule has 1 aliphatic rings. The average molecular weight is 399 g/mol. The summed E-state index contributed by atoms with van der Waals surface area (Å²) in [6, 6.07) is 5.62. The number of rotatable bonds is 2. The van der Waals surface area contributed by atoms with Gasteiger partial charge in [-0.15, -0.1) is 6.58 Å². The van der Waals surface area contributed by atoms with Gasteiger partial charge in [0.2, 0.25) is 0 Å². The summed E-state index contributed by atoms with van der Waals surface area (Å²) in [6.45, 7) is 15.0. The number of hydrogen-bond donors (Lipinski definition) is 1. The van der Waals surface area contributed by atoms with Gasteiger partial charge in [-0.25, -0.2) is 9.59 Å². The van der Waals surface area contributed by atoms with Crippen molar-refractivity contribution in [3.05, 3.63) is 48.2 Å². The maximum absolute atomic E-state index is 12.7. The highest BCUT2D eigenvalue weighted by Gasteiger charge is 2.33. The summed E-state index contributed by atoms with van der Waals surface area (Å²) in [6.07, 6.45) is 3.34. The average Bonchev–Trinajstić information content (AvgIpc) is 2.92. The molecule has 1 N–H and O–H groups in total. The molecule has 6 nitrogen and oxygen atoms in total. The molecule has 3 rings (SSSR count). The van der Waals surface area contributed by atoms with Crippen LogP contribution in [0.2, 0.25) is 0 Å². The van der Waals surface area contributed by atoms with Crippen LogP contribution in [0.3, 0.4) is 0 Å². The van der Waals surface area contributed by atoms with E-state index in [4.69, 9.17) is 9.47 Å². The zero-order valence-electron chi connectivity index (χ0n) is 18.0. The molecule has 1 amide bonds. The molecule has 0 spiro atoms. The number of carbonyl (C=O) groups excluding carboxylic acids is 2. The Labute approximate surface area is 171 Å². The van der Waals surface area contributed by atoms with Gasteiger partial charge in [-0.2, -0.15) is 0 Å². The number of nitrogens with one attached hydrogen (secondary N) is 1. The van der Waals surface area contributed by atoms with Crippen LogP contribution in [0.1, 0.15) is 58.6 Å². The second kappa shape index (κ2) is 7.25. The fourth-order valence-corrected chi connectivity index (χ4v) is 3.76. The molecule has 0 radical (unpaired) electrons. The Bertz CT molecular complexity index is 960. The second-order valence-electron chi connectivity index (χ2n) is 9.46. The van der Waals surface area contributed by atoms with Gasteiger partial charge < -0.3 is 14.8 Å². The number of aromatic nitrogens is 1. The first-order valence-corrected chi connectivity index (χ1v) is 9.88. The maximum Gasteiger partial charge on any atom is 0.419 e. The molecule has 0 saturated heterocycles. The lowest BCUT2D eigenvalue weighted by Crippen LogP contribution is -2.44. The third-order valence-electron chi connectivity index (χ3n) is 4.72. The van der Waals surface area contributed by atoms with E-state index in [-0.39, 0.29) is 12.0 Å². The SMILES string of the molecule is C=C[C@@H]1c2cccc3c2c(cn3C(=O)OC(C)(C)C)C[C@H]1NC(=O)OC(C)(C)C. The number of benzene rings is 1. The molecular weight excluding hydrogens is 368 g/mol. The first-order chi connectivity index (χ1) is 13.4. The third-order valence-corrected chi connectivity index (χ3v) is 4.72. The Morgan fingerprint density at radius 2 is 1.79 bits per heavy atom. The number of ether oxygens (including phenoxy) is 2. The van der Waals surface area contributed by atoms with E-state index in [1.165, 1.54) is 0 Å². The number of nitrogens with zero attached hydrogens (tertiary/aromatic N) is 1. The molecule has 6 heteroatoms. The van der Waals surface area contributed by atoms with Gasteiger partial charge >= 0.3 is 12.2 Å². The van der Waals surface area contributed by atoms with Gasteiger partial charge in [-0.3, -0.25) is 4.57 Å². The van der Waals surface area contributed by atoms with Gasteiger partial charge in [0.15, 0.2) is 0 Å². The number of alkyl carbamates (subject to hydrolysis) is 1. The highest BCUT2D eigenvalue weighted by molar-refractivity contribution is 5.95. The Morgan fingerprint density at radius 1 is 1.14 bits per heavy atom. The molecule has 1 aromatic carbocycles. The van der Waals surface area contributed by atoms with Crippen LogP contribution in [0.4, 0.5) is 9.59 Å². The quantitative estimate of drug-likeness (QED) is 0.711. The van der Waals surface area contributed by atoms with Crippen LogP contribution in [0.5, 0.6) is 0 Å². The van der Waals surface area contributed by atoms with Crippen molar-refractivity contribution in [1.82, 2.24) is 9.88 Å². The maximum atomic E-state index is 12.7. The standard InChI is InChI=1S/C23H30N2O4/c1-8-15-16-10-9-11-18-19(16)14(13-25(18)21(27)29-23(5,6)7)12-17(15)24-20(26)28-22(2,3)4/h8-11,13,15,17H,1,12H2,2-7H3,(H,24,26)/t15-,17-/m1/s1. The van der Waals surface area contributed by atoms with Gasteiger partial charge in [0.1, 0.15) is 11.2 Å². The van der Waals surface area contributed by atoms with Crippen molar-refractivity contribution in [2.24, 2.45) is 0 Å². The normalized spacial score (nSPS) is 19.0. The van der Waals surface area contributed by atoms with E-state index in [1.807, 2.05) is 72.0 Å². The van der Waals surface area contributed by atoms with Crippen LogP contribution in [0, 0.1) is 0 Å². The summed E-state index contributed by atoms with van der Waals surface area (Å²) in [7, 11) is 0. The highest BCUT2D eigenvalue weighted by Crippen LogP contribution is 2.39. The molecule has 0 bridgehead atoms. The molecule has 0 fully saturated rings. The summed E-state index contributed by atoms with van der Waals surface area (Å²) < 4.78 is 12.5. The topological polar surface area (TPSA) is 69.6 Å². The lowest BCUT2D eigenvalue weighted by molar-refractivity contribution is 0.0495. The minimum Gasteiger partial charge on any atom is -0.444 e. The summed E-state index contributed by atoms with van der Waals surface area (Å²) in [5.41, 5.74) is 1.65. The Kier molecular flexibility index (Phi) is 5.24. The van der Waals surface area contributed by atoms with Gasteiger partial charge in [0, 0.05) is 23.5 Å². The van der Waals surface area contributed by atoms with Crippen molar-refractivity contribution in [3.63, 3.8) is 0 Å². The van der Waals surface area contributed by atoms with E-state index in [9.17, 15) is 9.59 Å². The molecule has 1 aliphatic carbocycles. The van der Waals surface area contributed by atoms with Gasteiger partial charge in [-0.1, -0.05) is 18.2 Å². The fraction of sp³-hybridized carbons (Fsp3) is 0.478. The van der Waals surface area contributed by atoms with Crippen molar-refractivity contribution in [2.75, 3.05) is 0 Å². The zero-order valence-corrected chi connectivity index (χ0v) is 18.0. The van der Waals surface area contributed by atoms with Crippen molar-refractivity contribution < 1.29 is 19.1 Å². The third kappa shape index (κ3) is 4.47. The van der Waals surface area contributed by atoms with Crippen molar-refractivity contribution >= 4 is 23.1 Å².